The first kappa shape index (κ1) is 41.4. The highest BCUT2D eigenvalue weighted by molar-refractivity contribution is 6.16. The predicted octanol–water partition coefficient (Wildman–Crippen LogP) is 8.57. The van der Waals surface area contributed by atoms with Gasteiger partial charge in [-0.3, -0.25) is 14.4 Å². The summed E-state index contributed by atoms with van der Waals surface area (Å²) in [6.45, 7) is 8.39. The molecule has 0 aliphatic rings. The molecule has 49 heavy (non-hydrogen) atoms. The molecule has 0 aromatic heterocycles. The summed E-state index contributed by atoms with van der Waals surface area (Å²) in [5.74, 6) is -5.78. The number of Topliss-reactive ketones (excluding diaryl/α,β-unsaturated/α-hetero) is 2. The van der Waals surface area contributed by atoms with Crippen molar-refractivity contribution in [2.75, 3.05) is 13.2 Å². The molecule has 0 spiro atoms. The summed E-state index contributed by atoms with van der Waals surface area (Å²) in [6, 6.07) is 14.2. The molecular formula is C41H59NO7. The Bertz CT molecular complexity index is 1300. The summed E-state index contributed by atoms with van der Waals surface area (Å²) >= 11 is 0. The van der Waals surface area contributed by atoms with Gasteiger partial charge in [0.25, 0.3) is 0 Å². The molecule has 1 N–H and O–H groups in total. The van der Waals surface area contributed by atoms with Crippen LogP contribution in [0.15, 0.2) is 48.5 Å². The summed E-state index contributed by atoms with van der Waals surface area (Å²) in [7, 11) is 0. The zero-order valence-corrected chi connectivity index (χ0v) is 30.6. The van der Waals surface area contributed by atoms with Crippen LogP contribution in [-0.4, -0.2) is 48.2 Å². The lowest BCUT2D eigenvalue weighted by atomic mass is 9.74. The summed E-state index contributed by atoms with van der Waals surface area (Å²) in [4.78, 5) is 68.2. The number of nitrogens with one attached hydrogen (secondary N) is 1. The van der Waals surface area contributed by atoms with E-state index in [4.69, 9.17) is 9.47 Å². The maximum atomic E-state index is 14.4. The van der Waals surface area contributed by atoms with Gasteiger partial charge >= 0.3 is 11.9 Å². The van der Waals surface area contributed by atoms with Gasteiger partial charge in [-0.25, -0.2) is 9.59 Å². The van der Waals surface area contributed by atoms with Crippen molar-refractivity contribution in [3.8, 4) is 0 Å². The second-order valence-electron chi connectivity index (χ2n) is 12.9. The van der Waals surface area contributed by atoms with Gasteiger partial charge < -0.3 is 14.8 Å². The molecule has 1 amide bonds. The minimum Gasteiger partial charge on any atom is -0.464 e. The van der Waals surface area contributed by atoms with Crippen molar-refractivity contribution < 1.29 is 33.4 Å². The Labute approximate surface area is 294 Å². The standard InChI is InChI=1S/C41H59NO7/c1-6-10-12-14-16-18-20-32-22-26-34(27-23-32)37(44)30-36(41(42-31(5)43,39(46)48-8-3)40(47)49-9-4)38(45)35-28-24-33(25-29-35)21-19-17-15-13-11-7-2/h22-29,36H,6-21,30H2,1-5H3,(H,42,43). The van der Waals surface area contributed by atoms with Crippen molar-refractivity contribution in [1.29, 1.82) is 0 Å². The Kier molecular flexibility index (Phi) is 19.2. The fourth-order valence-electron chi connectivity index (χ4n) is 6.18. The first-order valence-corrected chi connectivity index (χ1v) is 18.5. The maximum Gasteiger partial charge on any atom is 0.344 e. The van der Waals surface area contributed by atoms with Gasteiger partial charge in [0, 0.05) is 24.5 Å². The van der Waals surface area contributed by atoms with E-state index < -0.39 is 47.3 Å². The molecule has 270 valence electrons. The average molecular weight is 678 g/mol. The van der Waals surface area contributed by atoms with E-state index in [1.165, 1.54) is 51.4 Å². The highest BCUT2D eigenvalue weighted by atomic mass is 16.6. The second kappa shape index (κ2) is 22.8. The number of hydrogen-bond acceptors (Lipinski definition) is 7. The van der Waals surface area contributed by atoms with E-state index >= 15 is 0 Å². The second-order valence-corrected chi connectivity index (χ2v) is 12.9. The molecule has 2 aromatic carbocycles. The minimum absolute atomic E-state index is 0.123. The maximum absolute atomic E-state index is 14.4. The molecule has 0 aliphatic carbocycles. The summed E-state index contributed by atoms with van der Waals surface area (Å²) in [6.07, 6.45) is 15.3. The largest absolute Gasteiger partial charge is 0.464 e. The SMILES string of the molecule is CCCCCCCCc1ccc(C(=O)CC(C(=O)c2ccc(CCCCCCCC)cc2)C(NC(C)=O)(C(=O)OCC)C(=O)OCC)cc1. The number of esters is 2. The van der Waals surface area contributed by atoms with Crippen molar-refractivity contribution >= 4 is 29.4 Å². The Morgan fingerprint density at radius 3 is 1.41 bits per heavy atom. The van der Waals surface area contributed by atoms with Gasteiger partial charge in [-0.1, -0.05) is 127 Å². The number of ketones is 2. The lowest BCUT2D eigenvalue weighted by Crippen LogP contribution is -2.67. The Morgan fingerprint density at radius 2 is 1.00 bits per heavy atom. The number of aryl methyl sites for hydroxylation is 2. The van der Waals surface area contributed by atoms with E-state index in [1.807, 2.05) is 24.3 Å². The van der Waals surface area contributed by atoms with Gasteiger partial charge in [0.1, 0.15) is 0 Å². The van der Waals surface area contributed by atoms with Gasteiger partial charge in [0.15, 0.2) is 11.6 Å². The third kappa shape index (κ3) is 13.2. The molecule has 1 unspecified atom stereocenters. The van der Waals surface area contributed by atoms with Crippen molar-refractivity contribution in [1.82, 2.24) is 5.32 Å². The Hall–Kier alpha value is -3.81. The molecule has 2 rings (SSSR count). The number of unbranched alkanes of at least 4 members (excludes halogenated alkanes) is 10. The number of ether oxygens (including phenoxy) is 2. The number of rotatable bonds is 25. The molecular weight excluding hydrogens is 618 g/mol. The lowest BCUT2D eigenvalue weighted by Gasteiger charge is -2.35. The normalized spacial score (nSPS) is 11.9. The molecule has 8 heteroatoms. The summed E-state index contributed by atoms with van der Waals surface area (Å²) in [5, 5.41) is 2.42. The first-order chi connectivity index (χ1) is 23.6. The average Bonchev–Trinajstić information content (AvgIpc) is 3.09. The van der Waals surface area contributed by atoms with E-state index in [-0.39, 0.29) is 18.8 Å². The van der Waals surface area contributed by atoms with Crippen LogP contribution in [0.2, 0.25) is 0 Å². The van der Waals surface area contributed by atoms with Crippen LogP contribution in [0.4, 0.5) is 0 Å². The van der Waals surface area contributed by atoms with Crippen LogP contribution >= 0.6 is 0 Å². The molecule has 0 aliphatic heterocycles. The van der Waals surface area contributed by atoms with Crippen molar-refractivity contribution in [3.05, 3.63) is 70.8 Å². The third-order valence-electron chi connectivity index (χ3n) is 8.95. The third-order valence-corrected chi connectivity index (χ3v) is 8.95. The quantitative estimate of drug-likeness (QED) is 0.0484. The van der Waals surface area contributed by atoms with Crippen LogP contribution in [0.25, 0.3) is 0 Å². The van der Waals surface area contributed by atoms with Crippen LogP contribution in [0, 0.1) is 5.92 Å². The Morgan fingerprint density at radius 1 is 0.592 bits per heavy atom. The van der Waals surface area contributed by atoms with Crippen LogP contribution < -0.4 is 5.32 Å². The first-order valence-electron chi connectivity index (χ1n) is 18.5. The van der Waals surface area contributed by atoms with Gasteiger partial charge in [-0.2, -0.15) is 0 Å². The van der Waals surface area contributed by atoms with Crippen LogP contribution in [-0.2, 0) is 36.7 Å². The van der Waals surface area contributed by atoms with E-state index in [0.29, 0.717) is 5.56 Å². The predicted molar refractivity (Wildman–Crippen MR) is 194 cm³/mol. The summed E-state index contributed by atoms with van der Waals surface area (Å²) in [5.41, 5.74) is 0.140. The molecule has 0 saturated heterocycles. The van der Waals surface area contributed by atoms with Crippen molar-refractivity contribution in [2.24, 2.45) is 5.92 Å². The number of amides is 1. The number of carbonyl (C=O) groups excluding carboxylic acids is 5. The van der Waals surface area contributed by atoms with Crippen LogP contribution in [0.1, 0.15) is 150 Å². The number of benzene rings is 2. The van der Waals surface area contributed by atoms with Crippen LogP contribution in [0.5, 0.6) is 0 Å². The lowest BCUT2D eigenvalue weighted by molar-refractivity contribution is -0.170. The Balaban J connectivity index is 2.42. The molecule has 0 saturated carbocycles. The zero-order chi connectivity index (χ0) is 36.1. The monoisotopic (exact) mass is 677 g/mol. The highest BCUT2D eigenvalue weighted by Gasteiger charge is 2.59. The van der Waals surface area contributed by atoms with Crippen molar-refractivity contribution in [3.63, 3.8) is 0 Å². The van der Waals surface area contributed by atoms with E-state index in [2.05, 4.69) is 19.2 Å². The highest BCUT2D eigenvalue weighted by Crippen LogP contribution is 2.31. The molecule has 0 radical (unpaired) electrons. The molecule has 0 fully saturated rings. The molecule has 0 heterocycles. The molecule has 1 atom stereocenters. The smallest absolute Gasteiger partial charge is 0.344 e. The summed E-state index contributed by atoms with van der Waals surface area (Å²) < 4.78 is 10.6. The zero-order valence-electron chi connectivity index (χ0n) is 30.6. The topological polar surface area (TPSA) is 116 Å². The molecule has 0 bridgehead atoms. The van der Waals surface area contributed by atoms with Crippen molar-refractivity contribution in [2.45, 2.75) is 136 Å². The van der Waals surface area contributed by atoms with Gasteiger partial charge in [0.05, 0.1) is 19.1 Å². The van der Waals surface area contributed by atoms with Gasteiger partial charge in [-0.15, -0.1) is 0 Å². The number of hydrogen-bond donors (Lipinski definition) is 1. The van der Waals surface area contributed by atoms with E-state index in [0.717, 1.165) is 56.6 Å². The van der Waals surface area contributed by atoms with Crippen LogP contribution in [0.3, 0.4) is 0 Å². The van der Waals surface area contributed by atoms with Gasteiger partial charge in [0.2, 0.25) is 11.4 Å². The van der Waals surface area contributed by atoms with E-state index in [1.54, 1.807) is 38.1 Å². The fourth-order valence-corrected chi connectivity index (χ4v) is 6.18. The minimum atomic E-state index is -2.57. The fraction of sp³-hybridized carbons (Fsp3) is 0.585. The number of carbonyl (C=O) groups is 5. The van der Waals surface area contributed by atoms with E-state index in [9.17, 15) is 24.0 Å². The molecule has 8 nitrogen and oxygen atoms in total. The molecule has 2 aromatic rings. The van der Waals surface area contributed by atoms with Gasteiger partial charge in [-0.05, 0) is 50.7 Å².